The third kappa shape index (κ3) is 5.73. The first-order valence-corrected chi connectivity index (χ1v) is 7.43. The molecule has 1 aromatic rings. The second kappa shape index (κ2) is 9.26. The highest BCUT2D eigenvalue weighted by Crippen LogP contribution is 2.17. The van der Waals surface area contributed by atoms with Gasteiger partial charge in [-0.05, 0) is 31.4 Å². The summed E-state index contributed by atoms with van der Waals surface area (Å²) < 4.78 is 2.06. The molecule has 2 N–H and O–H groups in total. The van der Waals surface area contributed by atoms with Crippen LogP contribution in [0.5, 0.6) is 0 Å². The Bertz CT molecular complexity index is 408. The average Bonchev–Trinajstić information content (AvgIpc) is 2.83. The zero-order valence-corrected chi connectivity index (χ0v) is 14.9. The molecule has 1 aromatic heterocycles. The van der Waals surface area contributed by atoms with Crippen LogP contribution in [0.1, 0.15) is 44.6 Å². The Balaban J connectivity index is 0.00000200. The van der Waals surface area contributed by atoms with E-state index in [1.54, 1.807) is 0 Å². The normalized spacial score (nSPS) is 16.6. The molecule has 0 saturated heterocycles. The first-order valence-electron chi connectivity index (χ1n) is 7.43. The molecule has 0 amide bonds. The largest absolute Gasteiger partial charge is 0.357 e. The number of aliphatic imine (C=N–C) groups is 1. The molecule has 0 atom stereocenters. The van der Waals surface area contributed by atoms with Crippen LogP contribution in [-0.2, 0) is 13.6 Å². The Labute approximate surface area is 139 Å². The van der Waals surface area contributed by atoms with Crippen LogP contribution >= 0.6 is 24.0 Å². The number of halogens is 1. The van der Waals surface area contributed by atoms with E-state index in [2.05, 4.69) is 45.6 Å². The topological polar surface area (TPSA) is 41.4 Å². The molecule has 0 radical (unpaired) electrons. The molecule has 0 spiro atoms. The SMILES string of the molecule is CCNC(=NCc1ccn(C)c1)NC1CCCCC1.I. The number of nitrogens with zero attached hydrogens (tertiary/aromatic N) is 2. The van der Waals surface area contributed by atoms with Crippen LogP contribution in [0.3, 0.4) is 0 Å². The van der Waals surface area contributed by atoms with Crippen LogP contribution in [0.4, 0.5) is 0 Å². The van der Waals surface area contributed by atoms with Crippen LogP contribution in [0.2, 0.25) is 0 Å². The number of guanidine groups is 1. The number of nitrogens with one attached hydrogen (secondary N) is 2. The summed E-state index contributed by atoms with van der Waals surface area (Å²) in [6, 6.07) is 2.72. The summed E-state index contributed by atoms with van der Waals surface area (Å²) in [5.74, 6) is 0.957. The van der Waals surface area contributed by atoms with E-state index in [-0.39, 0.29) is 24.0 Å². The highest BCUT2D eigenvalue weighted by atomic mass is 127. The number of hydrogen-bond acceptors (Lipinski definition) is 1. The molecule has 0 aliphatic heterocycles. The van der Waals surface area contributed by atoms with Gasteiger partial charge in [0.05, 0.1) is 6.54 Å². The lowest BCUT2D eigenvalue weighted by Crippen LogP contribution is -2.44. The van der Waals surface area contributed by atoms with Crippen LogP contribution < -0.4 is 10.6 Å². The minimum Gasteiger partial charge on any atom is -0.357 e. The molecule has 1 fully saturated rings. The molecule has 114 valence electrons. The zero-order chi connectivity index (χ0) is 13.5. The predicted molar refractivity (Wildman–Crippen MR) is 95.7 cm³/mol. The van der Waals surface area contributed by atoms with Gasteiger partial charge >= 0.3 is 0 Å². The van der Waals surface area contributed by atoms with Gasteiger partial charge in [0.25, 0.3) is 0 Å². The first-order chi connectivity index (χ1) is 9.28. The van der Waals surface area contributed by atoms with Gasteiger partial charge in [0.1, 0.15) is 0 Å². The van der Waals surface area contributed by atoms with E-state index < -0.39 is 0 Å². The van der Waals surface area contributed by atoms with E-state index in [1.807, 2.05) is 7.05 Å². The maximum atomic E-state index is 4.67. The molecule has 0 unspecified atom stereocenters. The monoisotopic (exact) mass is 390 g/mol. The van der Waals surface area contributed by atoms with E-state index in [0.717, 1.165) is 19.0 Å². The fourth-order valence-corrected chi connectivity index (χ4v) is 2.59. The molecule has 1 aliphatic rings. The van der Waals surface area contributed by atoms with E-state index in [1.165, 1.54) is 37.7 Å². The lowest BCUT2D eigenvalue weighted by Gasteiger charge is -2.24. The lowest BCUT2D eigenvalue weighted by atomic mass is 9.96. The van der Waals surface area contributed by atoms with Crippen LogP contribution in [0.15, 0.2) is 23.5 Å². The Morgan fingerprint density at radius 1 is 1.35 bits per heavy atom. The highest BCUT2D eigenvalue weighted by Gasteiger charge is 2.14. The molecule has 1 heterocycles. The third-order valence-electron chi connectivity index (χ3n) is 3.60. The average molecular weight is 390 g/mol. The van der Waals surface area contributed by atoms with Gasteiger partial charge in [0, 0.05) is 32.0 Å². The summed E-state index contributed by atoms with van der Waals surface area (Å²) in [4.78, 5) is 4.67. The summed E-state index contributed by atoms with van der Waals surface area (Å²) in [5, 5.41) is 6.91. The predicted octanol–water partition coefficient (Wildman–Crippen LogP) is 3.03. The van der Waals surface area contributed by atoms with Crippen molar-refractivity contribution in [3.8, 4) is 0 Å². The molecular formula is C15H27IN4. The van der Waals surface area contributed by atoms with Crippen molar-refractivity contribution in [1.29, 1.82) is 0 Å². The van der Waals surface area contributed by atoms with Crippen molar-refractivity contribution in [3.05, 3.63) is 24.0 Å². The zero-order valence-electron chi connectivity index (χ0n) is 12.6. The van der Waals surface area contributed by atoms with Crippen molar-refractivity contribution >= 4 is 29.9 Å². The fourth-order valence-electron chi connectivity index (χ4n) is 2.59. The molecule has 0 bridgehead atoms. The summed E-state index contributed by atoms with van der Waals surface area (Å²) >= 11 is 0. The summed E-state index contributed by atoms with van der Waals surface area (Å²) in [5.41, 5.74) is 1.25. The number of aromatic nitrogens is 1. The Hall–Kier alpha value is -0.720. The number of aryl methyl sites for hydroxylation is 1. The second-order valence-electron chi connectivity index (χ2n) is 5.36. The highest BCUT2D eigenvalue weighted by molar-refractivity contribution is 14.0. The third-order valence-corrected chi connectivity index (χ3v) is 3.60. The van der Waals surface area contributed by atoms with Gasteiger partial charge < -0.3 is 15.2 Å². The molecule has 5 heteroatoms. The van der Waals surface area contributed by atoms with Crippen molar-refractivity contribution < 1.29 is 0 Å². The van der Waals surface area contributed by atoms with Crippen LogP contribution in [-0.4, -0.2) is 23.1 Å². The van der Waals surface area contributed by atoms with E-state index in [4.69, 9.17) is 0 Å². The maximum Gasteiger partial charge on any atom is 0.191 e. The first kappa shape index (κ1) is 17.3. The second-order valence-corrected chi connectivity index (χ2v) is 5.36. The van der Waals surface area contributed by atoms with Gasteiger partial charge in [0.2, 0.25) is 0 Å². The molecular weight excluding hydrogens is 363 g/mol. The molecule has 2 rings (SSSR count). The van der Waals surface area contributed by atoms with Crippen LogP contribution in [0.25, 0.3) is 0 Å². The quantitative estimate of drug-likeness (QED) is 0.472. The lowest BCUT2D eigenvalue weighted by molar-refractivity contribution is 0.410. The Kier molecular flexibility index (Phi) is 8.02. The summed E-state index contributed by atoms with van der Waals surface area (Å²) in [7, 11) is 2.04. The van der Waals surface area contributed by atoms with Gasteiger partial charge in [-0.2, -0.15) is 0 Å². The van der Waals surface area contributed by atoms with Gasteiger partial charge in [-0.1, -0.05) is 19.3 Å². The number of rotatable bonds is 4. The van der Waals surface area contributed by atoms with Crippen LogP contribution in [0, 0.1) is 0 Å². The fraction of sp³-hybridized carbons (Fsp3) is 0.667. The summed E-state index contributed by atoms with van der Waals surface area (Å²) in [6.07, 6.45) is 10.8. The van der Waals surface area contributed by atoms with Crippen molar-refractivity contribution in [2.24, 2.45) is 12.0 Å². The number of hydrogen-bond donors (Lipinski definition) is 2. The van der Waals surface area contributed by atoms with Crippen molar-refractivity contribution in [2.45, 2.75) is 51.6 Å². The Morgan fingerprint density at radius 3 is 2.70 bits per heavy atom. The molecule has 4 nitrogen and oxygen atoms in total. The molecule has 20 heavy (non-hydrogen) atoms. The summed E-state index contributed by atoms with van der Waals surface area (Å²) in [6.45, 7) is 3.76. The van der Waals surface area contributed by atoms with Gasteiger partial charge in [0.15, 0.2) is 5.96 Å². The van der Waals surface area contributed by atoms with Gasteiger partial charge in [-0.15, -0.1) is 24.0 Å². The molecule has 1 aliphatic carbocycles. The van der Waals surface area contributed by atoms with E-state index in [9.17, 15) is 0 Å². The smallest absolute Gasteiger partial charge is 0.191 e. The van der Waals surface area contributed by atoms with E-state index >= 15 is 0 Å². The Morgan fingerprint density at radius 2 is 2.10 bits per heavy atom. The van der Waals surface area contributed by atoms with Gasteiger partial charge in [-0.3, -0.25) is 0 Å². The molecule has 0 aromatic carbocycles. The van der Waals surface area contributed by atoms with Gasteiger partial charge in [-0.25, -0.2) is 4.99 Å². The molecule has 1 saturated carbocycles. The maximum absolute atomic E-state index is 4.67. The van der Waals surface area contributed by atoms with Crippen molar-refractivity contribution in [3.63, 3.8) is 0 Å². The standard InChI is InChI=1S/C15H26N4.HI/c1-3-16-15(18-14-7-5-4-6-8-14)17-11-13-9-10-19(2)12-13;/h9-10,12,14H,3-8,11H2,1-2H3,(H2,16,17,18);1H. The van der Waals surface area contributed by atoms with E-state index in [0.29, 0.717) is 6.04 Å². The minimum absolute atomic E-state index is 0. The minimum atomic E-state index is 0. The van der Waals surface area contributed by atoms with Crippen molar-refractivity contribution in [1.82, 2.24) is 15.2 Å². The van der Waals surface area contributed by atoms with Crippen molar-refractivity contribution in [2.75, 3.05) is 6.54 Å².